The second kappa shape index (κ2) is 9.46. The van der Waals surface area contributed by atoms with E-state index in [9.17, 15) is 0 Å². The summed E-state index contributed by atoms with van der Waals surface area (Å²) in [5.41, 5.74) is 4.48. The number of rotatable bonds is 7. The van der Waals surface area contributed by atoms with Crippen LogP contribution in [0, 0.1) is 16.7 Å². The highest BCUT2D eigenvalue weighted by Gasteiger charge is 2.39. The molecule has 0 atom stereocenters. The zero-order valence-electron chi connectivity index (χ0n) is 19.2. The molecule has 1 aromatic carbocycles. The molecule has 162 valence electrons. The Labute approximate surface area is 184 Å². The predicted molar refractivity (Wildman–Crippen MR) is 128 cm³/mol. The Bertz CT molecular complexity index is 680. The van der Waals surface area contributed by atoms with E-state index in [4.69, 9.17) is 11.6 Å². The van der Waals surface area contributed by atoms with Crippen LogP contribution >= 0.6 is 11.6 Å². The first-order valence-corrected chi connectivity index (χ1v) is 12.2. The van der Waals surface area contributed by atoms with E-state index in [-0.39, 0.29) is 0 Å². The van der Waals surface area contributed by atoms with Crippen LogP contribution in [0.3, 0.4) is 0 Å². The average molecular weight is 416 g/mol. The third-order valence-electron chi connectivity index (χ3n) is 7.13. The van der Waals surface area contributed by atoms with Crippen LogP contribution in [0.5, 0.6) is 0 Å². The minimum absolute atomic E-state index is 0.380. The third kappa shape index (κ3) is 6.78. The Balaban J connectivity index is 1.54. The van der Waals surface area contributed by atoms with Gasteiger partial charge in [0.1, 0.15) is 0 Å². The minimum atomic E-state index is 0.380. The molecule has 0 saturated heterocycles. The van der Waals surface area contributed by atoms with E-state index in [1.807, 2.05) is 0 Å². The number of benzene rings is 1. The van der Waals surface area contributed by atoms with Crippen LogP contribution in [-0.2, 0) is 6.42 Å². The molecular weight excluding hydrogens is 374 g/mol. The first-order chi connectivity index (χ1) is 13.6. The van der Waals surface area contributed by atoms with E-state index in [2.05, 4.69) is 57.8 Å². The van der Waals surface area contributed by atoms with E-state index >= 15 is 0 Å². The molecule has 0 amide bonds. The standard InChI is InChI=1S/C27H42ClN/c1-20(29-14-13-21-9-7-6-8-10-21)15-22-11-12-24(25(28)16-22)23-17-26(2,3)19-27(4,5)18-23/h11-12,16,21,23,29H,1,6-10,13-15,17-19H2,2-5H3. The van der Waals surface area contributed by atoms with E-state index in [1.54, 1.807) is 0 Å². The molecule has 0 unspecified atom stereocenters. The van der Waals surface area contributed by atoms with Gasteiger partial charge >= 0.3 is 0 Å². The molecule has 29 heavy (non-hydrogen) atoms. The lowest BCUT2D eigenvalue weighted by Gasteiger charge is -2.45. The summed E-state index contributed by atoms with van der Waals surface area (Å²) in [5.74, 6) is 1.48. The molecule has 2 heteroatoms. The van der Waals surface area contributed by atoms with Crippen LogP contribution in [0.4, 0.5) is 0 Å². The van der Waals surface area contributed by atoms with Gasteiger partial charge in [-0.25, -0.2) is 0 Å². The molecule has 1 nitrogen and oxygen atoms in total. The van der Waals surface area contributed by atoms with E-state index in [1.165, 1.54) is 68.9 Å². The van der Waals surface area contributed by atoms with Gasteiger partial charge in [0, 0.05) is 23.7 Å². The fourth-order valence-electron chi connectivity index (χ4n) is 6.32. The van der Waals surface area contributed by atoms with Crippen molar-refractivity contribution in [1.82, 2.24) is 5.32 Å². The summed E-state index contributed by atoms with van der Waals surface area (Å²) in [6.07, 6.45) is 13.0. The lowest BCUT2D eigenvalue weighted by Crippen LogP contribution is -2.33. The van der Waals surface area contributed by atoms with Crippen molar-refractivity contribution in [1.29, 1.82) is 0 Å². The Morgan fingerprint density at radius 3 is 2.34 bits per heavy atom. The van der Waals surface area contributed by atoms with Crippen LogP contribution in [0.25, 0.3) is 0 Å². The van der Waals surface area contributed by atoms with Gasteiger partial charge in [-0.2, -0.15) is 0 Å². The number of halogens is 1. The maximum absolute atomic E-state index is 6.79. The average Bonchev–Trinajstić information content (AvgIpc) is 2.60. The van der Waals surface area contributed by atoms with Crippen molar-refractivity contribution in [2.75, 3.05) is 6.54 Å². The molecule has 0 aliphatic heterocycles. The topological polar surface area (TPSA) is 12.0 Å². The van der Waals surface area contributed by atoms with Gasteiger partial charge in [-0.1, -0.05) is 90.1 Å². The zero-order valence-corrected chi connectivity index (χ0v) is 20.0. The second-order valence-electron chi connectivity index (χ2n) is 11.5. The molecule has 0 radical (unpaired) electrons. The lowest BCUT2D eigenvalue weighted by molar-refractivity contribution is 0.0969. The largest absolute Gasteiger partial charge is 0.389 e. The number of hydrogen-bond donors (Lipinski definition) is 1. The highest BCUT2D eigenvalue weighted by atomic mass is 35.5. The summed E-state index contributed by atoms with van der Waals surface area (Å²) < 4.78 is 0. The number of nitrogens with one attached hydrogen (secondary N) is 1. The van der Waals surface area contributed by atoms with Crippen LogP contribution in [0.1, 0.15) is 103 Å². The van der Waals surface area contributed by atoms with Gasteiger partial charge < -0.3 is 5.32 Å². The van der Waals surface area contributed by atoms with Crippen molar-refractivity contribution in [3.63, 3.8) is 0 Å². The van der Waals surface area contributed by atoms with E-state index in [0.717, 1.165) is 29.6 Å². The van der Waals surface area contributed by atoms with Gasteiger partial charge in [0.25, 0.3) is 0 Å². The Morgan fingerprint density at radius 2 is 1.72 bits per heavy atom. The zero-order chi connectivity index (χ0) is 21.1. The summed E-state index contributed by atoms with van der Waals surface area (Å²) in [6.45, 7) is 15.0. The van der Waals surface area contributed by atoms with Crippen LogP contribution in [0.15, 0.2) is 30.5 Å². The van der Waals surface area contributed by atoms with Crippen molar-refractivity contribution in [2.45, 2.75) is 97.8 Å². The number of allylic oxidation sites excluding steroid dienone is 1. The lowest BCUT2D eigenvalue weighted by atomic mass is 9.60. The van der Waals surface area contributed by atoms with Crippen LogP contribution in [-0.4, -0.2) is 6.54 Å². The normalized spacial score (nSPS) is 22.4. The second-order valence-corrected chi connectivity index (χ2v) is 11.9. The predicted octanol–water partition coefficient (Wildman–Crippen LogP) is 8.28. The van der Waals surface area contributed by atoms with Gasteiger partial charge in [0.2, 0.25) is 0 Å². The van der Waals surface area contributed by atoms with E-state index < -0.39 is 0 Å². The molecule has 2 saturated carbocycles. The molecule has 0 aromatic heterocycles. The first kappa shape index (κ1) is 22.7. The van der Waals surface area contributed by atoms with Gasteiger partial charge in [-0.05, 0) is 65.5 Å². The fraction of sp³-hybridized carbons (Fsp3) is 0.704. The molecule has 1 N–H and O–H groups in total. The maximum Gasteiger partial charge on any atom is 0.0443 e. The SMILES string of the molecule is C=C(Cc1ccc(C2CC(C)(C)CC(C)(C)C2)c(Cl)c1)NCCC1CCCCC1. The third-order valence-corrected chi connectivity index (χ3v) is 7.46. The van der Waals surface area contributed by atoms with Crippen LogP contribution < -0.4 is 5.32 Å². The van der Waals surface area contributed by atoms with Gasteiger partial charge in [-0.3, -0.25) is 0 Å². The van der Waals surface area contributed by atoms with Gasteiger partial charge in [0.15, 0.2) is 0 Å². The summed E-state index contributed by atoms with van der Waals surface area (Å²) in [5, 5.41) is 4.50. The molecule has 2 aliphatic rings. The molecule has 0 spiro atoms. The molecule has 3 rings (SSSR count). The Hall–Kier alpha value is -0.950. The van der Waals surface area contributed by atoms with Crippen molar-refractivity contribution < 1.29 is 0 Å². The molecular formula is C27H42ClN. The summed E-state index contributed by atoms with van der Waals surface area (Å²) in [7, 11) is 0. The molecule has 2 aliphatic carbocycles. The van der Waals surface area contributed by atoms with E-state index in [0.29, 0.717) is 16.7 Å². The van der Waals surface area contributed by atoms with Crippen molar-refractivity contribution in [3.05, 3.63) is 46.6 Å². The highest BCUT2D eigenvalue weighted by molar-refractivity contribution is 6.31. The van der Waals surface area contributed by atoms with Gasteiger partial charge in [-0.15, -0.1) is 0 Å². The first-order valence-electron chi connectivity index (χ1n) is 11.8. The number of hydrogen-bond acceptors (Lipinski definition) is 1. The van der Waals surface area contributed by atoms with Crippen molar-refractivity contribution >= 4 is 11.6 Å². The van der Waals surface area contributed by atoms with Crippen LogP contribution in [0.2, 0.25) is 5.02 Å². The summed E-state index contributed by atoms with van der Waals surface area (Å²) >= 11 is 6.79. The van der Waals surface area contributed by atoms with Crippen molar-refractivity contribution in [2.24, 2.45) is 16.7 Å². The monoisotopic (exact) mass is 415 g/mol. The smallest absolute Gasteiger partial charge is 0.0443 e. The summed E-state index contributed by atoms with van der Waals surface area (Å²) in [6, 6.07) is 6.73. The minimum Gasteiger partial charge on any atom is -0.389 e. The molecule has 2 fully saturated rings. The van der Waals surface area contributed by atoms with Gasteiger partial charge in [0.05, 0.1) is 0 Å². The molecule has 0 heterocycles. The maximum atomic E-state index is 6.79. The summed E-state index contributed by atoms with van der Waals surface area (Å²) in [4.78, 5) is 0. The molecule has 0 bridgehead atoms. The molecule has 1 aromatic rings. The Kier molecular flexibility index (Phi) is 7.41. The fourth-order valence-corrected chi connectivity index (χ4v) is 6.67. The quantitative estimate of drug-likeness (QED) is 0.472. The van der Waals surface area contributed by atoms with Crippen molar-refractivity contribution in [3.8, 4) is 0 Å². The Morgan fingerprint density at radius 1 is 1.07 bits per heavy atom. The highest BCUT2D eigenvalue weighted by Crippen LogP contribution is 2.52.